The van der Waals surface area contributed by atoms with Crippen LogP contribution in [0.15, 0.2) is 24.3 Å². The van der Waals surface area contributed by atoms with Crippen LogP contribution in [-0.2, 0) is 16.1 Å². The number of nitrogens with two attached hydrogens (primary N) is 1. The Morgan fingerprint density at radius 3 is 2.71 bits per heavy atom. The van der Waals surface area contributed by atoms with E-state index in [1.807, 2.05) is 6.07 Å². The Balaban J connectivity index is 2.24. The van der Waals surface area contributed by atoms with Crippen molar-refractivity contribution in [3.8, 4) is 6.07 Å². The predicted octanol–water partition coefficient (Wildman–Crippen LogP) is 2.87. The lowest BCUT2D eigenvalue weighted by atomic mass is 10.1. The third-order valence-electron chi connectivity index (χ3n) is 3.01. The lowest BCUT2D eigenvalue weighted by Gasteiger charge is -2.07. The normalized spacial score (nSPS) is 10.0. The van der Waals surface area contributed by atoms with Gasteiger partial charge in [-0.1, -0.05) is 6.07 Å². The molecule has 6 nitrogen and oxygen atoms in total. The molecule has 0 amide bonds. The van der Waals surface area contributed by atoms with E-state index >= 15 is 0 Å². The van der Waals surface area contributed by atoms with Crippen molar-refractivity contribution in [3.63, 3.8) is 0 Å². The number of ether oxygens (including phenoxy) is 2. The van der Waals surface area contributed by atoms with Crippen LogP contribution in [0.1, 0.15) is 38.1 Å². The standard InChI is InChI=1S/C16H13FN2O4S/c1-2-22-16(21)13-12(11(7-18)14(19)24-13)8-23-15(20)9-4-3-5-10(17)6-9/h3-6H,2,8,19H2,1H3. The van der Waals surface area contributed by atoms with Gasteiger partial charge in [-0.3, -0.25) is 0 Å². The molecule has 0 fully saturated rings. The highest BCUT2D eigenvalue weighted by Gasteiger charge is 2.24. The molecule has 0 unspecified atom stereocenters. The molecule has 0 aliphatic carbocycles. The van der Waals surface area contributed by atoms with E-state index in [9.17, 15) is 19.2 Å². The molecular weight excluding hydrogens is 335 g/mol. The molecule has 0 aliphatic rings. The molecule has 1 heterocycles. The Morgan fingerprint density at radius 2 is 2.08 bits per heavy atom. The summed E-state index contributed by atoms with van der Waals surface area (Å²) in [6, 6.07) is 6.88. The number of nitrogen functional groups attached to an aromatic ring is 1. The predicted molar refractivity (Wildman–Crippen MR) is 84.9 cm³/mol. The molecule has 2 rings (SSSR count). The first-order valence-electron chi connectivity index (χ1n) is 6.89. The van der Waals surface area contributed by atoms with E-state index in [1.165, 1.54) is 18.2 Å². The maximum absolute atomic E-state index is 13.1. The fourth-order valence-corrected chi connectivity index (χ4v) is 2.86. The number of thiophene rings is 1. The minimum atomic E-state index is -0.780. The lowest BCUT2D eigenvalue weighted by Crippen LogP contribution is -2.10. The maximum atomic E-state index is 13.1. The molecule has 8 heteroatoms. The molecule has 0 aliphatic heterocycles. The summed E-state index contributed by atoms with van der Waals surface area (Å²) in [6.07, 6.45) is 0. The Labute approximate surface area is 141 Å². The van der Waals surface area contributed by atoms with Crippen LogP contribution in [0.2, 0.25) is 0 Å². The minimum absolute atomic E-state index is 0.0226. The molecular formula is C16H13FN2O4S. The lowest BCUT2D eigenvalue weighted by molar-refractivity contribution is 0.0452. The second-order valence-corrected chi connectivity index (χ2v) is 5.62. The number of rotatable bonds is 5. The highest BCUT2D eigenvalue weighted by Crippen LogP contribution is 2.32. The number of esters is 2. The number of carbonyl (C=O) groups is 2. The Kier molecular flexibility index (Phi) is 5.50. The van der Waals surface area contributed by atoms with Crippen molar-refractivity contribution in [2.75, 3.05) is 12.3 Å². The van der Waals surface area contributed by atoms with Gasteiger partial charge in [0.1, 0.15) is 28.4 Å². The zero-order chi connectivity index (χ0) is 17.7. The van der Waals surface area contributed by atoms with Gasteiger partial charge in [-0.05, 0) is 25.1 Å². The van der Waals surface area contributed by atoms with Gasteiger partial charge in [0, 0.05) is 5.56 Å². The van der Waals surface area contributed by atoms with E-state index in [2.05, 4.69) is 0 Å². The average molecular weight is 348 g/mol. The number of benzene rings is 1. The van der Waals surface area contributed by atoms with Crippen molar-refractivity contribution < 1.29 is 23.5 Å². The van der Waals surface area contributed by atoms with E-state index in [-0.39, 0.29) is 39.8 Å². The van der Waals surface area contributed by atoms with E-state index in [4.69, 9.17) is 15.2 Å². The first-order chi connectivity index (χ1) is 11.5. The summed E-state index contributed by atoms with van der Waals surface area (Å²) in [5, 5.41) is 9.31. The second kappa shape index (κ2) is 7.57. The van der Waals surface area contributed by atoms with Crippen molar-refractivity contribution in [1.82, 2.24) is 0 Å². The average Bonchev–Trinajstić information content (AvgIpc) is 2.88. The second-order valence-electron chi connectivity index (χ2n) is 4.57. The molecule has 2 aromatic rings. The Morgan fingerprint density at radius 1 is 1.33 bits per heavy atom. The van der Waals surface area contributed by atoms with Crippen LogP contribution >= 0.6 is 11.3 Å². The van der Waals surface area contributed by atoms with Crippen LogP contribution in [-0.4, -0.2) is 18.5 Å². The molecule has 24 heavy (non-hydrogen) atoms. The molecule has 1 aromatic heterocycles. The van der Waals surface area contributed by atoms with Crippen LogP contribution in [0.5, 0.6) is 0 Å². The highest BCUT2D eigenvalue weighted by molar-refractivity contribution is 7.18. The molecule has 0 saturated heterocycles. The molecule has 0 bridgehead atoms. The first-order valence-corrected chi connectivity index (χ1v) is 7.70. The summed E-state index contributed by atoms with van der Waals surface area (Å²) in [6.45, 7) is 1.45. The van der Waals surface area contributed by atoms with Crippen LogP contribution in [0.25, 0.3) is 0 Å². The summed E-state index contributed by atoms with van der Waals surface area (Å²) in [5.41, 5.74) is 5.99. The molecule has 0 atom stereocenters. The molecule has 0 radical (unpaired) electrons. The van der Waals surface area contributed by atoms with Gasteiger partial charge in [-0.2, -0.15) is 5.26 Å². The van der Waals surface area contributed by atoms with Crippen LogP contribution in [0.4, 0.5) is 9.39 Å². The van der Waals surface area contributed by atoms with Gasteiger partial charge in [-0.25, -0.2) is 14.0 Å². The van der Waals surface area contributed by atoms with Gasteiger partial charge in [0.05, 0.1) is 17.7 Å². The number of halogens is 1. The number of carbonyl (C=O) groups excluding carboxylic acids is 2. The van der Waals surface area contributed by atoms with Crippen molar-refractivity contribution in [1.29, 1.82) is 5.26 Å². The molecule has 2 N–H and O–H groups in total. The number of anilines is 1. The molecule has 0 saturated carbocycles. The van der Waals surface area contributed by atoms with Gasteiger partial charge >= 0.3 is 11.9 Å². The fourth-order valence-electron chi connectivity index (χ4n) is 1.94. The number of hydrogen-bond donors (Lipinski definition) is 1. The Bertz CT molecular complexity index is 826. The summed E-state index contributed by atoms with van der Waals surface area (Å²) in [4.78, 5) is 24.0. The fraction of sp³-hybridized carbons (Fsp3) is 0.188. The zero-order valence-corrected chi connectivity index (χ0v) is 13.5. The first kappa shape index (κ1) is 17.4. The SMILES string of the molecule is CCOC(=O)c1sc(N)c(C#N)c1COC(=O)c1cccc(F)c1. The van der Waals surface area contributed by atoms with Gasteiger partial charge in [0.2, 0.25) is 0 Å². The molecule has 124 valence electrons. The monoisotopic (exact) mass is 348 g/mol. The quantitative estimate of drug-likeness (QED) is 0.834. The third kappa shape index (κ3) is 3.70. The summed E-state index contributed by atoms with van der Waals surface area (Å²) in [5.74, 6) is -2.00. The molecule has 1 aromatic carbocycles. The van der Waals surface area contributed by atoms with E-state index in [0.717, 1.165) is 17.4 Å². The van der Waals surface area contributed by atoms with Gasteiger partial charge < -0.3 is 15.2 Å². The van der Waals surface area contributed by atoms with Crippen LogP contribution in [0, 0.1) is 17.1 Å². The van der Waals surface area contributed by atoms with E-state index in [0.29, 0.717) is 0 Å². The number of hydrogen-bond acceptors (Lipinski definition) is 7. The van der Waals surface area contributed by atoms with Crippen molar-refractivity contribution in [3.05, 3.63) is 51.7 Å². The topological polar surface area (TPSA) is 102 Å². The summed E-state index contributed by atoms with van der Waals surface area (Å²) in [7, 11) is 0. The van der Waals surface area contributed by atoms with Gasteiger partial charge in [0.25, 0.3) is 0 Å². The summed E-state index contributed by atoms with van der Waals surface area (Å²) < 4.78 is 23.1. The van der Waals surface area contributed by atoms with E-state index < -0.39 is 17.8 Å². The third-order valence-corrected chi connectivity index (χ3v) is 4.06. The van der Waals surface area contributed by atoms with Crippen LogP contribution in [0.3, 0.4) is 0 Å². The number of nitriles is 1. The van der Waals surface area contributed by atoms with E-state index in [1.54, 1.807) is 6.92 Å². The van der Waals surface area contributed by atoms with Crippen molar-refractivity contribution in [2.45, 2.75) is 13.5 Å². The van der Waals surface area contributed by atoms with Crippen molar-refractivity contribution >= 4 is 28.3 Å². The van der Waals surface area contributed by atoms with Crippen molar-refractivity contribution in [2.24, 2.45) is 0 Å². The number of nitrogens with zero attached hydrogens (tertiary/aromatic N) is 1. The van der Waals surface area contributed by atoms with Gasteiger partial charge in [0.15, 0.2) is 0 Å². The van der Waals surface area contributed by atoms with Gasteiger partial charge in [-0.15, -0.1) is 11.3 Å². The molecule has 0 spiro atoms. The Hall–Kier alpha value is -2.92. The smallest absolute Gasteiger partial charge is 0.348 e. The zero-order valence-electron chi connectivity index (χ0n) is 12.7. The largest absolute Gasteiger partial charge is 0.462 e. The van der Waals surface area contributed by atoms with Crippen LogP contribution < -0.4 is 5.73 Å². The highest BCUT2D eigenvalue weighted by atomic mass is 32.1. The summed E-state index contributed by atoms with van der Waals surface area (Å²) >= 11 is 0.893. The minimum Gasteiger partial charge on any atom is -0.462 e. The maximum Gasteiger partial charge on any atom is 0.348 e.